The van der Waals surface area contributed by atoms with Crippen molar-refractivity contribution in [1.29, 1.82) is 0 Å². The number of hydrogen-bond acceptors (Lipinski definition) is 2. The highest BCUT2D eigenvalue weighted by Crippen LogP contribution is 2.33. The van der Waals surface area contributed by atoms with Gasteiger partial charge < -0.3 is 5.73 Å². The Hall–Kier alpha value is -0.220. The third-order valence-corrected chi connectivity index (χ3v) is 3.14. The summed E-state index contributed by atoms with van der Waals surface area (Å²) < 4.78 is 24.3. The monoisotopic (exact) mass is 192 g/mol. The number of hydrogen-bond donors (Lipinski definition) is 1. The maximum absolute atomic E-state index is 12.2. The molecule has 13 heavy (non-hydrogen) atoms. The van der Waals surface area contributed by atoms with E-state index in [-0.39, 0.29) is 12.1 Å². The van der Waals surface area contributed by atoms with Crippen LogP contribution in [-0.2, 0) is 0 Å². The van der Waals surface area contributed by atoms with Crippen LogP contribution in [0.4, 0.5) is 8.78 Å². The number of nitrogens with two attached hydrogens (primary N) is 1. The number of rotatable bonds is 4. The Balaban J connectivity index is 2.54. The molecule has 0 aromatic heterocycles. The van der Waals surface area contributed by atoms with E-state index in [0.29, 0.717) is 6.54 Å². The minimum Gasteiger partial charge on any atom is -0.329 e. The molecule has 0 unspecified atom stereocenters. The van der Waals surface area contributed by atoms with Crippen LogP contribution < -0.4 is 5.73 Å². The molecule has 1 rings (SSSR count). The summed E-state index contributed by atoms with van der Waals surface area (Å²) in [5.74, 6) is 0. The average molecular weight is 192 g/mol. The summed E-state index contributed by atoms with van der Waals surface area (Å²) >= 11 is 0. The molecule has 0 heterocycles. The van der Waals surface area contributed by atoms with Crippen molar-refractivity contribution in [2.24, 2.45) is 5.73 Å². The molecule has 1 aliphatic rings. The van der Waals surface area contributed by atoms with Gasteiger partial charge in [-0.2, -0.15) is 0 Å². The highest BCUT2D eigenvalue weighted by molar-refractivity contribution is 4.94. The van der Waals surface area contributed by atoms with E-state index in [1.165, 1.54) is 0 Å². The summed E-state index contributed by atoms with van der Waals surface area (Å²) in [5, 5.41) is 0. The zero-order valence-electron chi connectivity index (χ0n) is 8.10. The van der Waals surface area contributed by atoms with E-state index < -0.39 is 6.43 Å². The third kappa shape index (κ3) is 2.38. The van der Waals surface area contributed by atoms with Gasteiger partial charge in [-0.3, -0.25) is 4.90 Å². The van der Waals surface area contributed by atoms with Crippen molar-refractivity contribution in [2.45, 2.75) is 37.6 Å². The van der Waals surface area contributed by atoms with Gasteiger partial charge in [0.15, 0.2) is 0 Å². The maximum Gasteiger partial charge on any atom is 0.251 e. The summed E-state index contributed by atoms with van der Waals surface area (Å²) in [6, 6.07) is 0. The fourth-order valence-corrected chi connectivity index (χ4v) is 2.18. The highest BCUT2D eigenvalue weighted by Gasteiger charge is 2.37. The van der Waals surface area contributed by atoms with Crippen molar-refractivity contribution in [2.75, 3.05) is 20.1 Å². The lowest BCUT2D eigenvalue weighted by Gasteiger charge is -2.37. The van der Waals surface area contributed by atoms with Crippen molar-refractivity contribution < 1.29 is 8.78 Å². The first kappa shape index (κ1) is 10.9. The molecule has 0 spiro atoms. The molecule has 2 nitrogen and oxygen atoms in total. The van der Waals surface area contributed by atoms with Crippen molar-refractivity contribution in [3.8, 4) is 0 Å². The van der Waals surface area contributed by atoms with Crippen LogP contribution >= 0.6 is 0 Å². The molecule has 2 N–H and O–H groups in total. The van der Waals surface area contributed by atoms with Crippen LogP contribution in [0, 0.1) is 0 Å². The lowest BCUT2D eigenvalue weighted by molar-refractivity contribution is 0.0429. The number of likely N-dealkylation sites (N-methyl/N-ethyl adjacent to an activating group) is 1. The predicted molar refractivity (Wildman–Crippen MR) is 48.9 cm³/mol. The molecule has 1 fully saturated rings. The van der Waals surface area contributed by atoms with Crippen molar-refractivity contribution in [3.05, 3.63) is 0 Å². The second-order valence-electron chi connectivity index (χ2n) is 3.91. The van der Waals surface area contributed by atoms with Gasteiger partial charge in [-0.25, -0.2) is 8.78 Å². The van der Waals surface area contributed by atoms with Crippen LogP contribution in [0.2, 0.25) is 0 Å². The van der Waals surface area contributed by atoms with Gasteiger partial charge in [0.05, 0.1) is 6.54 Å². The van der Waals surface area contributed by atoms with Crippen LogP contribution in [0.15, 0.2) is 0 Å². The first-order chi connectivity index (χ1) is 6.10. The Morgan fingerprint density at radius 3 is 2.31 bits per heavy atom. The Labute approximate surface area is 78.1 Å². The molecule has 0 aromatic rings. The quantitative estimate of drug-likeness (QED) is 0.730. The Bertz CT molecular complexity index is 156. The van der Waals surface area contributed by atoms with Gasteiger partial charge in [-0.05, 0) is 19.9 Å². The summed E-state index contributed by atoms with van der Waals surface area (Å²) in [5.41, 5.74) is 5.52. The third-order valence-electron chi connectivity index (χ3n) is 3.14. The maximum atomic E-state index is 12.2. The SMILES string of the molecule is CN(CC(F)F)C1(CN)CCCC1. The van der Waals surface area contributed by atoms with Gasteiger partial charge in [0.1, 0.15) is 0 Å². The molecule has 0 atom stereocenters. The fraction of sp³-hybridized carbons (Fsp3) is 1.00. The standard InChI is InChI=1S/C9H18F2N2/c1-13(6-8(10)11)9(7-12)4-2-3-5-9/h8H,2-7,12H2,1H3. The molecule has 0 radical (unpaired) electrons. The highest BCUT2D eigenvalue weighted by atomic mass is 19.3. The zero-order chi connectivity index (χ0) is 9.90. The lowest BCUT2D eigenvalue weighted by Crippen LogP contribution is -2.51. The normalized spacial score (nSPS) is 21.7. The van der Waals surface area contributed by atoms with E-state index in [4.69, 9.17) is 5.73 Å². The second-order valence-corrected chi connectivity index (χ2v) is 3.91. The van der Waals surface area contributed by atoms with E-state index in [9.17, 15) is 8.78 Å². The molecule has 4 heteroatoms. The van der Waals surface area contributed by atoms with Gasteiger partial charge in [0.25, 0.3) is 6.43 Å². The molecule has 1 saturated carbocycles. The van der Waals surface area contributed by atoms with Crippen LogP contribution in [0.5, 0.6) is 0 Å². The van der Waals surface area contributed by atoms with Crippen LogP contribution in [0.3, 0.4) is 0 Å². The number of halogens is 2. The molecule has 78 valence electrons. The molecule has 0 aliphatic heterocycles. The van der Waals surface area contributed by atoms with Crippen LogP contribution in [-0.4, -0.2) is 37.0 Å². The largest absolute Gasteiger partial charge is 0.329 e. The predicted octanol–water partition coefficient (Wildman–Crippen LogP) is 1.45. The van der Waals surface area contributed by atoms with Crippen molar-refractivity contribution in [1.82, 2.24) is 4.90 Å². The average Bonchev–Trinajstić information content (AvgIpc) is 2.51. The van der Waals surface area contributed by atoms with Gasteiger partial charge >= 0.3 is 0 Å². The minimum absolute atomic E-state index is 0.142. The van der Waals surface area contributed by atoms with Crippen molar-refractivity contribution >= 4 is 0 Å². The van der Waals surface area contributed by atoms with Gasteiger partial charge in [-0.1, -0.05) is 12.8 Å². The van der Waals surface area contributed by atoms with Crippen LogP contribution in [0.25, 0.3) is 0 Å². The second kappa shape index (κ2) is 4.33. The summed E-state index contributed by atoms with van der Waals surface area (Å²) in [6.07, 6.45) is 1.91. The van der Waals surface area contributed by atoms with Crippen molar-refractivity contribution in [3.63, 3.8) is 0 Å². The van der Waals surface area contributed by atoms with E-state index in [1.807, 2.05) is 0 Å². The van der Waals surface area contributed by atoms with E-state index >= 15 is 0 Å². The minimum atomic E-state index is -2.26. The molecular formula is C9H18F2N2. The van der Waals surface area contributed by atoms with E-state index in [1.54, 1.807) is 11.9 Å². The smallest absolute Gasteiger partial charge is 0.251 e. The fourth-order valence-electron chi connectivity index (χ4n) is 2.18. The zero-order valence-corrected chi connectivity index (χ0v) is 8.10. The lowest BCUT2D eigenvalue weighted by atomic mass is 9.96. The first-order valence-electron chi connectivity index (χ1n) is 4.80. The molecular weight excluding hydrogens is 174 g/mol. The molecule has 1 aliphatic carbocycles. The van der Waals surface area contributed by atoms with Gasteiger partial charge in [0, 0.05) is 12.1 Å². The molecule has 0 bridgehead atoms. The molecule has 0 aromatic carbocycles. The Kier molecular flexibility index (Phi) is 3.62. The van der Waals surface area contributed by atoms with Gasteiger partial charge in [0.2, 0.25) is 0 Å². The van der Waals surface area contributed by atoms with Crippen LogP contribution in [0.1, 0.15) is 25.7 Å². The Morgan fingerprint density at radius 1 is 1.38 bits per heavy atom. The Morgan fingerprint density at radius 2 is 1.92 bits per heavy atom. The summed E-state index contributed by atoms with van der Waals surface area (Å²) in [6.45, 7) is 0.341. The summed E-state index contributed by atoms with van der Waals surface area (Å²) in [4.78, 5) is 1.74. The summed E-state index contributed by atoms with van der Waals surface area (Å²) in [7, 11) is 1.75. The van der Waals surface area contributed by atoms with E-state index in [0.717, 1.165) is 25.7 Å². The number of alkyl halides is 2. The van der Waals surface area contributed by atoms with Gasteiger partial charge in [-0.15, -0.1) is 0 Å². The van der Waals surface area contributed by atoms with E-state index in [2.05, 4.69) is 0 Å². The first-order valence-corrected chi connectivity index (χ1v) is 4.80. The topological polar surface area (TPSA) is 29.3 Å². The molecule has 0 saturated heterocycles. The molecule has 0 amide bonds. The number of nitrogens with zero attached hydrogens (tertiary/aromatic N) is 1.